The van der Waals surface area contributed by atoms with E-state index in [4.69, 9.17) is 10.00 Å². The number of hydrogen-bond donors (Lipinski definition) is 0. The van der Waals surface area contributed by atoms with Crippen LogP contribution in [-0.2, 0) is 16.1 Å². The molecular formula is C24H27N3O2. The van der Waals surface area contributed by atoms with Gasteiger partial charge < -0.3 is 9.64 Å². The number of nitrogens with zero attached hydrogens (tertiary/aromatic N) is 3. The van der Waals surface area contributed by atoms with E-state index >= 15 is 0 Å². The predicted molar refractivity (Wildman–Crippen MR) is 111 cm³/mol. The highest BCUT2D eigenvalue weighted by Crippen LogP contribution is 2.38. The smallest absolute Gasteiger partial charge is 0.223 e. The Bertz CT molecular complexity index is 891. The van der Waals surface area contributed by atoms with Crippen molar-refractivity contribution in [3.8, 4) is 6.07 Å². The lowest BCUT2D eigenvalue weighted by molar-refractivity contribution is -0.129. The maximum absolute atomic E-state index is 12.9. The van der Waals surface area contributed by atoms with E-state index in [-0.39, 0.29) is 17.4 Å². The maximum Gasteiger partial charge on any atom is 0.223 e. The lowest BCUT2D eigenvalue weighted by Crippen LogP contribution is -2.40. The van der Waals surface area contributed by atoms with E-state index in [0.29, 0.717) is 25.2 Å². The Morgan fingerprint density at radius 3 is 2.62 bits per heavy atom. The third kappa shape index (κ3) is 4.34. The molecule has 0 N–H and O–H groups in total. The minimum Gasteiger partial charge on any atom is -0.379 e. The molecule has 2 aromatic carbocycles. The van der Waals surface area contributed by atoms with Gasteiger partial charge in [-0.05, 0) is 30.2 Å². The highest BCUT2D eigenvalue weighted by Gasteiger charge is 2.46. The summed E-state index contributed by atoms with van der Waals surface area (Å²) in [5, 5.41) is 8.99. The first-order valence-corrected chi connectivity index (χ1v) is 10.2. The number of carbonyl (C=O) groups is 1. The lowest BCUT2D eigenvalue weighted by atomic mass is 9.87. The molecule has 2 fully saturated rings. The predicted octanol–water partition coefficient (Wildman–Crippen LogP) is 3.37. The van der Waals surface area contributed by atoms with Crippen molar-refractivity contribution < 1.29 is 9.53 Å². The van der Waals surface area contributed by atoms with Crippen molar-refractivity contribution in [3.63, 3.8) is 0 Å². The van der Waals surface area contributed by atoms with Crippen molar-refractivity contribution in [2.45, 2.75) is 25.9 Å². The second-order valence-electron chi connectivity index (χ2n) is 8.36. The van der Waals surface area contributed by atoms with Crippen LogP contribution in [0.15, 0.2) is 54.6 Å². The van der Waals surface area contributed by atoms with Gasteiger partial charge in [-0.15, -0.1) is 0 Å². The number of carbonyl (C=O) groups excluding carboxylic acids is 1. The van der Waals surface area contributed by atoms with E-state index in [1.54, 1.807) is 0 Å². The Hall–Kier alpha value is -2.68. The van der Waals surface area contributed by atoms with E-state index in [9.17, 15) is 4.79 Å². The SMILES string of the molecule is CC(c1ccccc1)N1CC2(COCCN(Cc3ccc(C#N)cc3)C2)CC1=O. The summed E-state index contributed by atoms with van der Waals surface area (Å²) in [7, 11) is 0. The third-order valence-electron chi connectivity index (χ3n) is 6.11. The second-order valence-corrected chi connectivity index (χ2v) is 8.36. The van der Waals surface area contributed by atoms with Gasteiger partial charge in [-0.2, -0.15) is 5.26 Å². The van der Waals surface area contributed by atoms with Crippen LogP contribution in [-0.4, -0.2) is 48.6 Å². The fourth-order valence-electron chi connectivity index (χ4n) is 4.55. The Kier molecular flexibility index (Phi) is 5.66. The van der Waals surface area contributed by atoms with Gasteiger partial charge in [-0.1, -0.05) is 42.5 Å². The molecule has 4 rings (SSSR count). The number of hydrogen-bond acceptors (Lipinski definition) is 4. The normalized spacial score (nSPS) is 23.7. The molecule has 0 aromatic heterocycles. The van der Waals surface area contributed by atoms with E-state index in [0.717, 1.165) is 26.2 Å². The first kappa shape index (κ1) is 19.6. The lowest BCUT2D eigenvalue weighted by Gasteiger charge is -2.33. The number of nitriles is 1. The van der Waals surface area contributed by atoms with Crippen LogP contribution in [0.3, 0.4) is 0 Å². The maximum atomic E-state index is 12.9. The summed E-state index contributed by atoms with van der Waals surface area (Å²) in [4.78, 5) is 17.3. The molecular weight excluding hydrogens is 362 g/mol. The van der Waals surface area contributed by atoms with E-state index in [1.165, 1.54) is 11.1 Å². The molecule has 5 nitrogen and oxygen atoms in total. The Balaban J connectivity index is 1.48. The standard InChI is InChI=1S/C24H27N3O2/c1-19(22-5-3-2-4-6-22)27-17-24(13-23(27)28)16-26(11-12-29-18-24)15-21-9-7-20(14-25)8-10-21/h2-10,19H,11-13,15-18H2,1H3. The highest BCUT2D eigenvalue weighted by atomic mass is 16.5. The van der Waals surface area contributed by atoms with Crippen molar-refractivity contribution in [3.05, 3.63) is 71.3 Å². The highest BCUT2D eigenvalue weighted by molar-refractivity contribution is 5.80. The van der Waals surface area contributed by atoms with Gasteiger partial charge in [-0.3, -0.25) is 9.69 Å². The zero-order valence-corrected chi connectivity index (χ0v) is 16.9. The van der Waals surface area contributed by atoms with Crippen LogP contribution in [0.5, 0.6) is 0 Å². The van der Waals surface area contributed by atoms with Crippen molar-refractivity contribution >= 4 is 5.91 Å². The van der Waals surface area contributed by atoms with Crippen LogP contribution in [0.1, 0.15) is 36.1 Å². The van der Waals surface area contributed by atoms with Crippen LogP contribution >= 0.6 is 0 Å². The third-order valence-corrected chi connectivity index (χ3v) is 6.11. The molecule has 2 saturated heterocycles. The molecule has 5 heteroatoms. The molecule has 29 heavy (non-hydrogen) atoms. The summed E-state index contributed by atoms with van der Waals surface area (Å²) < 4.78 is 5.96. The van der Waals surface area contributed by atoms with Gasteiger partial charge in [0, 0.05) is 38.0 Å². The second kappa shape index (κ2) is 8.36. The molecule has 2 atom stereocenters. The monoisotopic (exact) mass is 389 g/mol. The molecule has 0 bridgehead atoms. The summed E-state index contributed by atoms with van der Waals surface area (Å²) >= 11 is 0. The van der Waals surface area contributed by atoms with Gasteiger partial charge in [0.05, 0.1) is 30.9 Å². The minimum atomic E-state index is -0.163. The van der Waals surface area contributed by atoms with E-state index < -0.39 is 0 Å². The minimum absolute atomic E-state index is 0.0679. The molecule has 0 aliphatic carbocycles. The summed E-state index contributed by atoms with van der Waals surface area (Å²) in [6.07, 6.45) is 0.536. The van der Waals surface area contributed by atoms with Gasteiger partial charge in [0.1, 0.15) is 0 Å². The number of rotatable bonds is 4. The molecule has 150 valence electrons. The molecule has 0 radical (unpaired) electrons. The number of likely N-dealkylation sites (tertiary alicyclic amines) is 1. The van der Waals surface area contributed by atoms with Gasteiger partial charge in [0.2, 0.25) is 5.91 Å². The molecule has 1 spiro atoms. The molecule has 0 saturated carbocycles. The molecule has 2 aliphatic rings. The first-order chi connectivity index (χ1) is 14.1. The van der Waals surface area contributed by atoms with Crippen LogP contribution in [0, 0.1) is 16.7 Å². The van der Waals surface area contributed by atoms with Gasteiger partial charge >= 0.3 is 0 Å². The van der Waals surface area contributed by atoms with Crippen LogP contribution in [0.4, 0.5) is 0 Å². The molecule has 2 aromatic rings. The number of benzene rings is 2. The van der Waals surface area contributed by atoms with Gasteiger partial charge in [0.15, 0.2) is 0 Å². The largest absolute Gasteiger partial charge is 0.379 e. The van der Waals surface area contributed by atoms with Crippen LogP contribution in [0.25, 0.3) is 0 Å². The fraction of sp³-hybridized carbons (Fsp3) is 0.417. The first-order valence-electron chi connectivity index (χ1n) is 10.2. The fourth-order valence-corrected chi connectivity index (χ4v) is 4.55. The molecule has 2 unspecified atom stereocenters. The van der Waals surface area contributed by atoms with Gasteiger partial charge in [-0.25, -0.2) is 0 Å². The Labute approximate surface area is 172 Å². The topological polar surface area (TPSA) is 56.6 Å². The zero-order valence-electron chi connectivity index (χ0n) is 16.9. The van der Waals surface area contributed by atoms with Crippen molar-refractivity contribution in [2.75, 3.05) is 32.8 Å². The number of amides is 1. The van der Waals surface area contributed by atoms with E-state index in [2.05, 4.69) is 30.0 Å². The molecule has 1 amide bonds. The van der Waals surface area contributed by atoms with Crippen molar-refractivity contribution in [1.82, 2.24) is 9.80 Å². The Morgan fingerprint density at radius 2 is 1.90 bits per heavy atom. The van der Waals surface area contributed by atoms with Crippen LogP contribution in [0.2, 0.25) is 0 Å². The Morgan fingerprint density at radius 1 is 1.14 bits per heavy atom. The summed E-state index contributed by atoms with van der Waals surface area (Å²) in [6, 6.07) is 20.2. The van der Waals surface area contributed by atoms with Crippen molar-refractivity contribution in [1.29, 1.82) is 5.26 Å². The average Bonchev–Trinajstić information content (AvgIpc) is 2.94. The summed E-state index contributed by atoms with van der Waals surface area (Å²) in [5.74, 6) is 0.213. The van der Waals surface area contributed by atoms with Crippen LogP contribution < -0.4 is 0 Å². The zero-order chi connectivity index (χ0) is 20.3. The summed E-state index contributed by atoms with van der Waals surface area (Å²) in [6.45, 7) is 6.64. The van der Waals surface area contributed by atoms with Crippen molar-refractivity contribution in [2.24, 2.45) is 5.41 Å². The quantitative estimate of drug-likeness (QED) is 0.805. The number of ether oxygens (including phenoxy) is 1. The van der Waals surface area contributed by atoms with E-state index in [1.807, 2.05) is 47.4 Å². The summed E-state index contributed by atoms with van der Waals surface area (Å²) in [5.41, 5.74) is 2.86. The average molecular weight is 389 g/mol. The molecule has 2 heterocycles. The van der Waals surface area contributed by atoms with Gasteiger partial charge in [0.25, 0.3) is 0 Å². The molecule has 2 aliphatic heterocycles.